The smallest absolute Gasteiger partial charge is 0.254 e. The first-order valence-corrected chi connectivity index (χ1v) is 10.5. The second kappa shape index (κ2) is 9.12. The number of anilines is 1. The van der Waals surface area contributed by atoms with Gasteiger partial charge in [-0.1, -0.05) is 0 Å². The molecule has 8 heteroatoms. The molecule has 0 aliphatic heterocycles. The Balaban J connectivity index is 1.71. The Bertz CT molecular complexity index is 1320. The molecule has 0 aliphatic rings. The monoisotopic (exact) mass is 440 g/mol. The number of carbonyl (C=O) groups excluding carboxylic acids is 2. The summed E-state index contributed by atoms with van der Waals surface area (Å²) in [7, 11) is 0. The van der Waals surface area contributed by atoms with Gasteiger partial charge >= 0.3 is 0 Å². The van der Waals surface area contributed by atoms with Gasteiger partial charge in [-0.3, -0.25) is 14.6 Å². The number of carbonyl (C=O) groups is 2. The molecule has 0 saturated carbocycles. The molecule has 1 amide bonds. The number of aryl methyl sites for hydroxylation is 1. The molecule has 0 fully saturated rings. The van der Waals surface area contributed by atoms with Crippen molar-refractivity contribution in [3.05, 3.63) is 89.3 Å². The van der Waals surface area contributed by atoms with Crippen LogP contribution in [0, 0.1) is 6.92 Å². The summed E-state index contributed by atoms with van der Waals surface area (Å²) in [6, 6.07) is 12.1. The van der Waals surface area contributed by atoms with Gasteiger partial charge in [0.1, 0.15) is 11.6 Å². The Labute approximate surface area is 191 Å². The van der Waals surface area contributed by atoms with Crippen LogP contribution in [0.15, 0.2) is 61.1 Å². The van der Waals surface area contributed by atoms with Crippen LogP contribution in [-0.4, -0.2) is 36.5 Å². The zero-order chi connectivity index (χ0) is 23.5. The molecule has 0 radical (unpaired) electrons. The van der Waals surface area contributed by atoms with Crippen molar-refractivity contribution in [2.24, 2.45) is 0 Å². The summed E-state index contributed by atoms with van der Waals surface area (Å²) in [6.07, 6.45) is 4.82. The molecule has 166 valence electrons. The molecule has 1 atom stereocenters. The lowest BCUT2D eigenvalue weighted by Crippen LogP contribution is -2.34. The SMILES string of the molecule is CC(=O)c1ccc(CN(C(=O)c2ccc3nc(N)c(C)cc3c2)[C@H](C)c2ncccn2)nc1. The van der Waals surface area contributed by atoms with E-state index in [0.717, 1.165) is 16.5 Å². The highest BCUT2D eigenvalue weighted by Gasteiger charge is 2.25. The molecule has 2 N–H and O–H groups in total. The number of Topliss-reactive ketones (excluding diaryl/α,β-unsaturated/α-hetero) is 1. The summed E-state index contributed by atoms with van der Waals surface area (Å²) in [5.41, 5.74) is 9.19. The van der Waals surface area contributed by atoms with Crippen molar-refractivity contribution in [2.45, 2.75) is 33.4 Å². The average Bonchev–Trinajstić information content (AvgIpc) is 2.83. The van der Waals surface area contributed by atoms with Gasteiger partial charge in [0.25, 0.3) is 5.91 Å². The number of nitrogens with two attached hydrogens (primary N) is 1. The van der Waals surface area contributed by atoms with Crippen molar-refractivity contribution in [1.29, 1.82) is 0 Å². The molecule has 0 unspecified atom stereocenters. The van der Waals surface area contributed by atoms with E-state index in [1.165, 1.54) is 13.1 Å². The number of nitrogens with zero attached hydrogens (tertiary/aromatic N) is 5. The average molecular weight is 441 g/mol. The number of hydrogen-bond donors (Lipinski definition) is 1. The molecule has 0 aliphatic carbocycles. The van der Waals surface area contributed by atoms with E-state index in [0.29, 0.717) is 28.5 Å². The van der Waals surface area contributed by atoms with Gasteiger partial charge in [0.2, 0.25) is 0 Å². The number of aromatic nitrogens is 4. The van der Waals surface area contributed by atoms with E-state index in [9.17, 15) is 9.59 Å². The molecule has 0 spiro atoms. The molecule has 3 heterocycles. The molecule has 4 rings (SSSR count). The molecule has 4 aromatic rings. The van der Waals surface area contributed by atoms with E-state index in [1.807, 2.05) is 26.0 Å². The summed E-state index contributed by atoms with van der Waals surface area (Å²) in [5, 5.41) is 0.833. The fraction of sp³-hybridized carbons (Fsp3) is 0.200. The summed E-state index contributed by atoms with van der Waals surface area (Å²) in [6.45, 7) is 5.48. The van der Waals surface area contributed by atoms with E-state index < -0.39 is 6.04 Å². The molecule has 3 aromatic heterocycles. The van der Waals surface area contributed by atoms with Crippen LogP contribution < -0.4 is 5.73 Å². The van der Waals surface area contributed by atoms with Gasteiger partial charge in [0.15, 0.2) is 5.78 Å². The van der Waals surface area contributed by atoms with E-state index in [4.69, 9.17) is 5.73 Å². The Morgan fingerprint density at radius 1 is 1.03 bits per heavy atom. The summed E-state index contributed by atoms with van der Waals surface area (Å²) >= 11 is 0. The van der Waals surface area contributed by atoms with Gasteiger partial charge < -0.3 is 10.6 Å². The topological polar surface area (TPSA) is 115 Å². The van der Waals surface area contributed by atoms with Crippen LogP contribution in [0.5, 0.6) is 0 Å². The standard InChI is InChI=1S/C25H24N6O2/c1-15-11-20-12-18(6-8-22(20)30-23(15)26)25(33)31(16(2)24-27-9-4-10-28-24)14-21-7-5-19(13-29-21)17(3)32/h4-13,16H,14H2,1-3H3,(H2,26,30)/t16-/m1/s1. The minimum atomic E-state index is -0.407. The zero-order valence-corrected chi connectivity index (χ0v) is 18.7. The number of nitrogen functional groups attached to an aromatic ring is 1. The van der Waals surface area contributed by atoms with Crippen LogP contribution in [0.25, 0.3) is 10.9 Å². The lowest BCUT2D eigenvalue weighted by atomic mass is 10.1. The maximum Gasteiger partial charge on any atom is 0.254 e. The van der Waals surface area contributed by atoms with Gasteiger partial charge in [0, 0.05) is 35.1 Å². The second-order valence-corrected chi connectivity index (χ2v) is 7.91. The van der Waals surface area contributed by atoms with Crippen LogP contribution in [0.4, 0.5) is 5.82 Å². The highest BCUT2D eigenvalue weighted by Crippen LogP contribution is 2.25. The number of ketones is 1. The Hall–Kier alpha value is -4.20. The molecule has 0 bridgehead atoms. The normalized spacial score (nSPS) is 11.8. The van der Waals surface area contributed by atoms with Crippen molar-refractivity contribution in [3.8, 4) is 0 Å². The number of hydrogen-bond acceptors (Lipinski definition) is 7. The quantitative estimate of drug-likeness (QED) is 0.452. The Morgan fingerprint density at radius 3 is 2.42 bits per heavy atom. The third kappa shape index (κ3) is 4.69. The van der Waals surface area contributed by atoms with Gasteiger partial charge in [-0.05, 0) is 68.8 Å². The highest BCUT2D eigenvalue weighted by atomic mass is 16.2. The van der Waals surface area contributed by atoms with Crippen LogP contribution in [-0.2, 0) is 6.54 Å². The van der Waals surface area contributed by atoms with Gasteiger partial charge in [-0.2, -0.15) is 0 Å². The first-order chi connectivity index (χ1) is 15.8. The van der Waals surface area contributed by atoms with Crippen LogP contribution >= 0.6 is 0 Å². The number of benzene rings is 1. The lowest BCUT2D eigenvalue weighted by molar-refractivity contribution is 0.0663. The van der Waals surface area contributed by atoms with Crippen molar-refractivity contribution in [1.82, 2.24) is 24.8 Å². The second-order valence-electron chi connectivity index (χ2n) is 7.91. The fourth-order valence-electron chi connectivity index (χ4n) is 3.55. The van der Waals surface area contributed by atoms with Crippen molar-refractivity contribution in [3.63, 3.8) is 0 Å². The van der Waals surface area contributed by atoms with Crippen LogP contribution in [0.1, 0.15) is 57.7 Å². The molecular weight excluding hydrogens is 416 g/mol. The summed E-state index contributed by atoms with van der Waals surface area (Å²) in [5.74, 6) is 0.743. The third-order valence-electron chi connectivity index (χ3n) is 5.54. The molecule has 0 saturated heterocycles. The number of rotatable bonds is 6. The predicted octanol–water partition coefficient (Wildman–Crippen LogP) is 3.92. The summed E-state index contributed by atoms with van der Waals surface area (Å²) < 4.78 is 0. The van der Waals surface area contributed by atoms with Crippen molar-refractivity contribution >= 4 is 28.4 Å². The first-order valence-electron chi connectivity index (χ1n) is 10.5. The molecule has 1 aromatic carbocycles. The van der Waals surface area contributed by atoms with E-state index in [2.05, 4.69) is 19.9 Å². The Morgan fingerprint density at radius 2 is 1.76 bits per heavy atom. The van der Waals surface area contributed by atoms with E-state index >= 15 is 0 Å². The largest absolute Gasteiger partial charge is 0.383 e. The van der Waals surface area contributed by atoms with Crippen molar-refractivity contribution < 1.29 is 9.59 Å². The highest BCUT2D eigenvalue weighted by molar-refractivity contribution is 5.98. The summed E-state index contributed by atoms with van der Waals surface area (Å²) in [4.78, 5) is 44.4. The van der Waals surface area contributed by atoms with Gasteiger partial charge in [0.05, 0.1) is 23.8 Å². The Kier molecular flexibility index (Phi) is 6.08. The maximum atomic E-state index is 13.7. The minimum absolute atomic E-state index is 0.0614. The number of fused-ring (bicyclic) bond motifs is 1. The van der Waals surface area contributed by atoms with E-state index in [-0.39, 0.29) is 18.2 Å². The van der Waals surface area contributed by atoms with Crippen LogP contribution in [0.2, 0.25) is 0 Å². The third-order valence-corrected chi connectivity index (χ3v) is 5.54. The number of pyridine rings is 2. The molecule has 8 nitrogen and oxygen atoms in total. The van der Waals surface area contributed by atoms with Gasteiger partial charge in [-0.25, -0.2) is 15.0 Å². The fourth-order valence-corrected chi connectivity index (χ4v) is 3.55. The first kappa shape index (κ1) is 22.0. The van der Waals surface area contributed by atoms with Crippen LogP contribution in [0.3, 0.4) is 0 Å². The minimum Gasteiger partial charge on any atom is -0.383 e. The molecule has 33 heavy (non-hydrogen) atoms. The predicted molar refractivity (Wildman–Crippen MR) is 125 cm³/mol. The zero-order valence-electron chi connectivity index (χ0n) is 18.7. The number of amides is 1. The molecular formula is C25H24N6O2. The van der Waals surface area contributed by atoms with E-state index in [1.54, 1.807) is 47.6 Å². The van der Waals surface area contributed by atoms with Gasteiger partial charge in [-0.15, -0.1) is 0 Å². The maximum absolute atomic E-state index is 13.7. The van der Waals surface area contributed by atoms with Crippen molar-refractivity contribution in [2.75, 3.05) is 5.73 Å². The lowest BCUT2D eigenvalue weighted by Gasteiger charge is -2.28.